The number of nitrogens with one attached hydrogen (secondary N) is 1. The molecule has 0 fully saturated rings. The molecule has 102 valence electrons. The van der Waals surface area contributed by atoms with Crippen molar-refractivity contribution < 1.29 is 4.79 Å². The summed E-state index contributed by atoms with van der Waals surface area (Å²) in [5, 5.41) is 2.81. The summed E-state index contributed by atoms with van der Waals surface area (Å²) in [5.74, 6) is 0.0147. The lowest BCUT2D eigenvalue weighted by Gasteiger charge is -2.03. The second-order valence-corrected chi connectivity index (χ2v) is 4.62. The molecule has 0 saturated heterocycles. The van der Waals surface area contributed by atoms with Gasteiger partial charge in [0.05, 0.1) is 5.69 Å². The topological polar surface area (TPSA) is 41.5 Å². The fourth-order valence-corrected chi connectivity index (χ4v) is 1.68. The SMILES string of the molecule is CCC(=O)Nc1ccc(/N=C/c2ccc(C)cc2)cc1. The summed E-state index contributed by atoms with van der Waals surface area (Å²) in [6.07, 6.45) is 2.31. The van der Waals surface area contributed by atoms with Gasteiger partial charge in [-0.2, -0.15) is 0 Å². The third-order valence-electron chi connectivity index (χ3n) is 2.91. The summed E-state index contributed by atoms with van der Waals surface area (Å²) in [6, 6.07) is 15.7. The van der Waals surface area contributed by atoms with Crippen LogP contribution in [-0.2, 0) is 4.79 Å². The Kier molecular flexibility index (Phi) is 4.66. The van der Waals surface area contributed by atoms with Crippen LogP contribution in [0.5, 0.6) is 0 Å². The van der Waals surface area contributed by atoms with E-state index in [2.05, 4.69) is 29.4 Å². The fraction of sp³-hybridized carbons (Fsp3) is 0.176. The van der Waals surface area contributed by atoms with E-state index in [-0.39, 0.29) is 5.91 Å². The number of nitrogens with zero attached hydrogens (tertiary/aromatic N) is 1. The van der Waals surface area contributed by atoms with Crippen LogP contribution >= 0.6 is 0 Å². The van der Waals surface area contributed by atoms with Crippen molar-refractivity contribution in [1.82, 2.24) is 0 Å². The van der Waals surface area contributed by atoms with E-state index in [1.165, 1.54) is 5.56 Å². The van der Waals surface area contributed by atoms with E-state index in [1.807, 2.05) is 49.5 Å². The molecule has 3 heteroatoms. The molecule has 2 rings (SSSR count). The Hall–Kier alpha value is -2.42. The third-order valence-corrected chi connectivity index (χ3v) is 2.91. The van der Waals surface area contributed by atoms with Crippen LogP contribution in [0.25, 0.3) is 0 Å². The molecule has 0 bridgehead atoms. The van der Waals surface area contributed by atoms with Gasteiger partial charge in [0.15, 0.2) is 0 Å². The van der Waals surface area contributed by atoms with E-state index in [0.29, 0.717) is 6.42 Å². The van der Waals surface area contributed by atoms with Crippen LogP contribution < -0.4 is 5.32 Å². The number of amides is 1. The van der Waals surface area contributed by atoms with Crippen LogP contribution in [-0.4, -0.2) is 12.1 Å². The summed E-state index contributed by atoms with van der Waals surface area (Å²) in [4.78, 5) is 15.7. The highest BCUT2D eigenvalue weighted by molar-refractivity contribution is 5.90. The molecule has 0 spiro atoms. The minimum atomic E-state index is 0.0147. The summed E-state index contributed by atoms with van der Waals surface area (Å²) in [6.45, 7) is 3.89. The van der Waals surface area contributed by atoms with Crippen molar-refractivity contribution >= 4 is 23.5 Å². The molecular weight excluding hydrogens is 248 g/mol. The van der Waals surface area contributed by atoms with E-state index in [9.17, 15) is 4.79 Å². The van der Waals surface area contributed by atoms with Crippen molar-refractivity contribution in [1.29, 1.82) is 0 Å². The van der Waals surface area contributed by atoms with Gasteiger partial charge in [-0.3, -0.25) is 9.79 Å². The van der Waals surface area contributed by atoms with Gasteiger partial charge in [-0.1, -0.05) is 36.8 Å². The predicted octanol–water partition coefficient (Wildman–Crippen LogP) is 4.09. The molecule has 0 aliphatic carbocycles. The molecule has 0 aliphatic rings. The molecule has 0 aromatic heterocycles. The maximum atomic E-state index is 11.3. The van der Waals surface area contributed by atoms with Gasteiger partial charge >= 0.3 is 0 Å². The summed E-state index contributed by atoms with van der Waals surface area (Å²) in [5.41, 5.74) is 3.96. The van der Waals surface area contributed by atoms with Crippen LogP contribution in [0.2, 0.25) is 0 Å². The summed E-state index contributed by atoms with van der Waals surface area (Å²) < 4.78 is 0. The zero-order chi connectivity index (χ0) is 14.4. The number of hydrogen-bond donors (Lipinski definition) is 1. The molecule has 0 heterocycles. The lowest BCUT2D eigenvalue weighted by molar-refractivity contribution is -0.115. The van der Waals surface area contributed by atoms with Crippen molar-refractivity contribution in [3.05, 3.63) is 59.7 Å². The molecule has 0 radical (unpaired) electrons. The number of aliphatic imine (C=N–C) groups is 1. The number of carbonyl (C=O) groups is 1. The van der Waals surface area contributed by atoms with Crippen LogP contribution in [0.4, 0.5) is 11.4 Å². The monoisotopic (exact) mass is 266 g/mol. The lowest BCUT2D eigenvalue weighted by atomic mass is 10.2. The van der Waals surface area contributed by atoms with Gasteiger partial charge < -0.3 is 5.32 Å². The maximum absolute atomic E-state index is 11.3. The number of anilines is 1. The molecular formula is C17H18N2O. The smallest absolute Gasteiger partial charge is 0.224 e. The normalized spacial score (nSPS) is 10.7. The first-order chi connectivity index (χ1) is 9.67. The summed E-state index contributed by atoms with van der Waals surface area (Å²) in [7, 11) is 0. The van der Waals surface area contributed by atoms with Gasteiger partial charge in [0.25, 0.3) is 0 Å². The van der Waals surface area contributed by atoms with Crippen LogP contribution in [0, 0.1) is 6.92 Å². The van der Waals surface area contributed by atoms with Gasteiger partial charge in [-0.05, 0) is 36.8 Å². The fourth-order valence-electron chi connectivity index (χ4n) is 1.68. The number of rotatable bonds is 4. The quantitative estimate of drug-likeness (QED) is 0.832. The highest BCUT2D eigenvalue weighted by Gasteiger charge is 1.98. The molecule has 1 amide bonds. The second-order valence-electron chi connectivity index (χ2n) is 4.62. The first kappa shape index (κ1) is 14.0. The van der Waals surface area contributed by atoms with Crippen molar-refractivity contribution in [2.45, 2.75) is 20.3 Å². The zero-order valence-corrected chi connectivity index (χ0v) is 11.8. The second kappa shape index (κ2) is 6.66. The Morgan fingerprint density at radius 1 is 1.10 bits per heavy atom. The Balaban J connectivity index is 2.03. The molecule has 2 aromatic rings. The molecule has 3 nitrogen and oxygen atoms in total. The Morgan fingerprint density at radius 2 is 1.75 bits per heavy atom. The van der Waals surface area contributed by atoms with E-state index in [1.54, 1.807) is 0 Å². The van der Waals surface area contributed by atoms with Crippen LogP contribution in [0.1, 0.15) is 24.5 Å². The molecule has 0 unspecified atom stereocenters. The van der Waals surface area contributed by atoms with Gasteiger partial charge in [0.1, 0.15) is 0 Å². The standard InChI is InChI=1S/C17H18N2O/c1-3-17(20)19-16-10-8-15(9-11-16)18-12-14-6-4-13(2)5-7-14/h4-12H,3H2,1-2H3,(H,19,20)/b18-12+. The van der Waals surface area contributed by atoms with E-state index >= 15 is 0 Å². The minimum Gasteiger partial charge on any atom is -0.326 e. The largest absolute Gasteiger partial charge is 0.326 e. The van der Waals surface area contributed by atoms with Gasteiger partial charge in [-0.15, -0.1) is 0 Å². The average Bonchev–Trinajstić information content (AvgIpc) is 2.48. The summed E-state index contributed by atoms with van der Waals surface area (Å²) >= 11 is 0. The number of aryl methyl sites for hydroxylation is 1. The zero-order valence-electron chi connectivity index (χ0n) is 11.8. The highest BCUT2D eigenvalue weighted by atomic mass is 16.1. The van der Waals surface area contributed by atoms with Crippen molar-refractivity contribution in [3.63, 3.8) is 0 Å². The van der Waals surface area contributed by atoms with Gasteiger partial charge in [-0.25, -0.2) is 0 Å². The van der Waals surface area contributed by atoms with Gasteiger partial charge in [0.2, 0.25) is 5.91 Å². The number of hydrogen-bond acceptors (Lipinski definition) is 2. The van der Waals surface area contributed by atoms with Crippen LogP contribution in [0.15, 0.2) is 53.5 Å². The minimum absolute atomic E-state index is 0.0147. The Labute approximate surface area is 119 Å². The first-order valence-electron chi connectivity index (χ1n) is 6.68. The van der Waals surface area contributed by atoms with Crippen LogP contribution in [0.3, 0.4) is 0 Å². The van der Waals surface area contributed by atoms with Gasteiger partial charge in [0, 0.05) is 18.3 Å². The van der Waals surface area contributed by atoms with E-state index in [4.69, 9.17) is 0 Å². The Bertz CT molecular complexity index is 598. The number of carbonyl (C=O) groups excluding carboxylic acids is 1. The average molecular weight is 266 g/mol. The third kappa shape index (κ3) is 4.05. The molecule has 20 heavy (non-hydrogen) atoms. The Morgan fingerprint density at radius 3 is 2.35 bits per heavy atom. The molecule has 0 saturated carbocycles. The molecule has 2 aromatic carbocycles. The molecule has 0 aliphatic heterocycles. The molecule has 0 atom stereocenters. The highest BCUT2D eigenvalue weighted by Crippen LogP contribution is 2.16. The van der Waals surface area contributed by atoms with E-state index in [0.717, 1.165) is 16.9 Å². The lowest BCUT2D eigenvalue weighted by Crippen LogP contribution is -2.08. The predicted molar refractivity (Wildman–Crippen MR) is 83.8 cm³/mol. The number of benzene rings is 2. The van der Waals surface area contributed by atoms with E-state index < -0.39 is 0 Å². The van der Waals surface area contributed by atoms with Crippen molar-refractivity contribution in [2.75, 3.05) is 5.32 Å². The first-order valence-corrected chi connectivity index (χ1v) is 6.68. The van der Waals surface area contributed by atoms with Crippen molar-refractivity contribution in [3.8, 4) is 0 Å². The van der Waals surface area contributed by atoms with Crippen molar-refractivity contribution in [2.24, 2.45) is 4.99 Å². The maximum Gasteiger partial charge on any atom is 0.224 e. The molecule has 1 N–H and O–H groups in total.